The zero-order valence-electron chi connectivity index (χ0n) is 16.9. The highest BCUT2D eigenvalue weighted by Crippen LogP contribution is 2.26. The third-order valence-corrected chi connectivity index (χ3v) is 4.95. The molecule has 0 fully saturated rings. The summed E-state index contributed by atoms with van der Waals surface area (Å²) in [6, 6.07) is 13.4. The van der Waals surface area contributed by atoms with Gasteiger partial charge in [0.15, 0.2) is 6.10 Å². The Bertz CT molecular complexity index is 788. The SMILES string of the molecule is COc1ccc(OC[C@@H](C)NC(=O)[C@H](C)Oc2ccc3c(c2)CCCC3)cc1. The summed E-state index contributed by atoms with van der Waals surface area (Å²) in [6.07, 6.45) is 4.13. The Balaban J connectivity index is 1.46. The molecule has 1 amide bonds. The van der Waals surface area contributed by atoms with Crippen molar-refractivity contribution in [3.05, 3.63) is 53.6 Å². The van der Waals surface area contributed by atoms with Gasteiger partial charge < -0.3 is 19.5 Å². The number of rotatable bonds is 8. The second-order valence-electron chi connectivity index (χ2n) is 7.29. The lowest BCUT2D eigenvalue weighted by Gasteiger charge is -2.21. The average molecular weight is 383 g/mol. The Morgan fingerprint density at radius 2 is 1.61 bits per heavy atom. The summed E-state index contributed by atoms with van der Waals surface area (Å²) in [5.74, 6) is 2.12. The van der Waals surface area contributed by atoms with Crippen LogP contribution in [0.5, 0.6) is 17.2 Å². The summed E-state index contributed by atoms with van der Waals surface area (Å²) < 4.78 is 16.7. The van der Waals surface area contributed by atoms with Gasteiger partial charge in [0, 0.05) is 0 Å². The lowest BCUT2D eigenvalue weighted by molar-refractivity contribution is -0.128. The first-order valence-corrected chi connectivity index (χ1v) is 9.91. The second-order valence-corrected chi connectivity index (χ2v) is 7.29. The van der Waals surface area contributed by atoms with Gasteiger partial charge in [-0.2, -0.15) is 0 Å². The number of carbonyl (C=O) groups is 1. The highest BCUT2D eigenvalue weighted by molar-refractivity contribution is 5.81. The average Bonchev–Trinajstić information content (AvgIpc) is 2.72. The molecular formula is C23H29NO4. The van der Waals surface area contributed by atoms with Crippen LogP contribution in [0.3, 0.4) is 0 Å². The summed E-state index contributed by atoms with van der Waals surface area (Å²) in [5.41, 5.74) is 2.75. The number of hydrogen-bond acceptors (Lipinski definition) is 4. The Kier molecular flexibility index (Phi) is 6.80. The minimum Gasteiger partial charge on any atom is -0.497 e. The molecule has 0 aliphatic heterocycles. The Morgan fingerprint density at radius 1 is 0.964 bits per heavy atom. The normalized spacial score (nSPS) is 15.1. The smallest absolute Gasteiger partial charge is 0.261 e. The summed E-state index contributed by atoms with van der Waals surface area (Å²) in [5, 5.41) is 2.94. The van der Waals surface area contributed by atoms with Crippen LogP contribution in [0.4, 0.5) is 0 Å². The summed E-state index contributed by atoms with van der Waals surface area (Å²) in [4.78, 5) is 12.4. The fourth-order valence-corrected chi connectivity index (χ4v) is 3.34. The number of methoxy groups -OCH3 is 1. The second kappa shape index (κ2) is 9.49. The Labute approximate surface area is 167 Å². The predicted octanol–water partition coefficient (Wildman–Crippen LogP) is 3.93. The van der Waals surface area contributed by atoms with E-state index in [9.17, 15) is 4.79 Å². The molecule has 28 heavy (non-hydrogen) atoms. The van der Waals surface area contributed by atoms with Crippen LogP contribution in [0.15, 0.2) is 42.5 Å². The number of nitrogens with one attached hydrogen (secondary N) is 1. The fourth-order valence-electron chi connectivity index (χ4n) is 3.34. The molecule has 0 radical (unpaired) electrons. The van der Waals surface area contributed by atoms with Crippen molar-refractivity contribution in [1.82, 2.24) is 5.32 Å². The standard InChI is InChI=1S/C23H29NO4/c1-16(15-27-21-12-10-20(26-3)11-13-21)24-23(25)17(2)28-22-9-8-18-6-4-5-7-19(18)14-22/h8-14,16-17H,4-7,15H2,1-3H3,(H,24,25)/t16-,17+/m1/s1. The maximum absolute atomic E-state index is 12.4. The quantitative estimate of drug-likeness (QED) is 0.751. The summed E-state index contributed by atoms with van der Waals surface area (Å²) >= 11 is 0. The van der Waals surface area contributed by atoms with Gasteiger partial charge in [0.2, 0.25) is 0 Å². The molecule has 0 spiro atoms. The van der Waals surface area contributed by atoms with E-state index in [0.717, 1.165) is 30.1 Å². The van der Waals surface area contributed by atoms with Crippen LogP contribution < -0.4 is 19.5 Å². The third-order valence-electron chi connectivity index (χ3n) is 4.95. The number of hydrogen-bond donors (Lipinski definition) is 1. The molecular weight excluding hydrogens is 354 g/mol. The van der Waals surface area contributed by atoms with Gasteiger partial charge in [-0.3, -0.25) is 4.79 Å². The van der Waals surface area contributed by atoms with Gasteiger partial charge in [-0.15, -0.1) is 0 Å². The van der Waals surface area contributed by atoms with Gasteiger partial charge in [0.25, 0.3) is 5.91 Å². The molecule has 1 aliphatic carbocycles. The van der Waals surface area contributed by atoms with Gasteiger partial charge >= 0.3 is 0 Å². The van der Waals surface area contributed by atoms with Crippen LogP contribution in [0, 0.1) is 0 Å². The van der Waals surface area contributed by atoms with Gasteiger partial charge in [-0.1, -0.05) is 6.07 Å². The van der Waals surface area contributed by atoms with Crippen LogP contribution in [0.2, 0.25) is 0 Å². The third kappa shape index (κ3) is 5.41. The Morgan fingerprint density at radius 3 is 2.32 bits per heavy atom. The first-order chi connectivity index (χ1) is 13.5. The van der Waals surface area contributed by atoms with E-state index in [-0.39, 0.29) is 11.9 Å². The van der Waals surface area contributed by atoms with E-state index in [2.05, 4.69) is 17.4 Å². The molecule has 0 saturated heterocycles. The number of aryl methyl sites for hydroxylation is 2. The van der Waals surface area contributed by atoms with E-state index < -0.39 is 6.10 Å². The van der Waals surface area contributed by atoms with E-state index >= 15 is 0 Å². The van der Waals surface area contributed by atoms with E-state index in [1.54, 1.807) is 14.0 Å². The van der Waals surface area contributed by atoms with Crippen molar-refractivity contribution in [3.8, 4) is 17.2 Å². The topological polar surface area (TPSA) is 56.8 Å². The number of amides is 1. The molecule has 2 atom stereocenters. The van der Waals surface area contributed by atoms with E-state index in [1.165, 1.54) is 24.0 Å². The lowest BCUT2D eigenvalue weighted by Crippen LogP contribution is -2.43. The largest absolute Gasteiger partial charge is 0.497 e. The highest BCUT2D eigenvalue weighted by atomic mass is 16.5. The predicted molar refractivity (Wildman–Crippen MR) is 109 cm³/mol. The van der Waals surface area contributed by atoms with Crippen molar-refractivity contribution in [2.24, 2.45) is 0 Å². The first-order valence-electron chi connectivity index (χ1n) is 9.91. The number of ether oxygens (including phenoxy) is 3. The molecule has 1 aliphatic rings. The van der Waals surface area contributed by atoms with Crippen molar-refractivity contribution in [3.63, 3.8) is 0 Å². The van der Waals surface area contributed by atoms with Gasteiger partial charge in [0.05, 0.1) is 13.2 Å². The van der Waals surface area contributed by atoms with Gasteiger partial charge in [0.1, 0.15) is 23.9 Å². The molecule has 5 nitrogen and oxygen atoms in total. The zero-order valence-corrected chi connectivity index (χ0v) is 16.9. The lowest BCUT2D eigenvalue weighted by atomic mass is 9.92. The summed E-state index contributed by atoms with van der Waals surface area (Å²) in [6.45, 7) is 4.06. The van der Waals surface area contributed by atoms with Crippen molar-refractivity contribution < 1.29 is 19.0 Å². The van der Waals surface area contributed by atoms with E-state index in [4.69, 9.17) is 14.2 Å². The monoisotopic (exact) mass is 383 g/mol. The number of benzene rings is 2. The Hall–Kier alpha value is -2.69. The van der Waals surface area contributed by atoms with Gasteiger partial charge in [-0.05, 0) is 87.1 Å². The minimum absolute atomic E-state index is 0.135. The molecule has 0 aromatic heterocycles. The maximum atomic E-state index is 12.4. The van der Waals surface area contributed by atoms with Crippen molar-refractivity contribution in [2.75, 3.05) is 13.7 Å². The van der Waals surface area contributed by atoms with Crippen molar-refractivity contribution >= 4 is 5.91 Å². The molecule has 1 N–H and O–H groups in total. The molecule has 3 rings (SSSR count). The van der Waals surface area contributed by atoms with Crippen LogP contribution in [0.1, 0.15) is 37.8 Å². The molecule has 0 saturated carbocycles. The van der Waals surface area contributed by atoms with E-state index in [1.807, 2.05) is 37.3 Å². The number of fused-ring (bicyclic) bond motifs is 1. The van der Waals surface area contributed by atoms with Crippen LogP contribution >= 0.6 is 0 Å². The van der Waals surface area contributed by atoms with Crippen LogP contribution in [-0.2, 0) is 17.6 Å². The van der Waals surface area contributed by atoms with Crippen LogP contribution in [0.25, 0.3) is 0 Å². The number of carbonyl (C=O) groups excluding carboxylic acids is 1. The fraction of sp³-hybridized carbons (Fsp3) is 0.435. The molecule has 0 heterocycles. The first kappa shape index (κ1) is 20.1. The summed E-state index contributed by atoms with van der Waals surface area (Å²) in [7, 11) is 1.63. The molecule has 0 bridgehead atoms. The van der Waals surface area contributed by atoms with E-state index in [0.29, 0.717) is 6.61 Å². The molecule has 2 aromatic carbocycles. The minimum atomic E-state index is -0.565. The molecule has 0 unspecified atom stereocenters. The maximum Gasteiger partial charge on any atom is 0.261 e. The highest BCUT2D eigenvalue weighted by Gasteiger charge is 2.18. The molecule has 150 valence electrons. The van der Waals surface area contributed by atoms with Gasteiger partial charge in [-0.25, -0.2) is 0 Å². The molecule has 2 aromatic rings. The van der Waals surface area contributed by atoms with Crippen molar-refractivity contribution in [1.29, 1.82) is 0 Å². The van der Waals surface area contributed by atoms with Crippen LogP contribution in [-0.4, -0.2) is 31.8 Å². The van der Waals surface area contributed by atoms with Crippen molar-refractivity contribution in [2.45, 2.75) is 51.7 Å². The zero-order chi connectivity index (χ0) is 19.9. The molecule has 5 heteroatoms.